The normalized spacial score (nSPS) is 12.5. The molecule has 0 saturated carbocycles. The molecule has 0 aliphatic carbocycles. The number of anilines is 1. The van der Waals surface area contributed by atoms with Crippen LogP contribution in [-0.2, 0) is 11.0 Å². The van der Waals surface area contributed by atoms with Gasteiger partial charge in [-0.15, -0.1) is 12.4 Å². The van der Waals surface area contributed by atoms with Gasteiger partial charge in [0.25, 0.3) is 0 Å². The van der Waals surface area contributed by atoms with Crippen LogP contribution in [0.4, 0.5) is 18.9 Å². The largest absolute Gasteiger partial charge is 0.417 e. The minimum Gasteiger partial charge on any atom is -0.328 e. The zero-order valence-corrected chi connectivity index (χ0v) is 12.2. The van der Waals surface area contributed by atoms with Crippen LogP contribution in [0.1, 0.15) is 25.3 Å². The third-order valence-electron chi connectivity index (χ3n) is 2.38. The summed E-state index contributed by atoms with van der Waals surface area (Å²) in [6, 6.07) is 3.10. The predicted octanol–water partition coefficient (Wildman–Crippen LogP) is 3.85. The molecular weight excluding hydrogens is 316 g/mol. The van der Waals surface area contributed by atoms with Crippen LogP contribution in [0.15, 0.2) is 18.2 Å². The second-order valence-corrected chi connectivity index (χ2v) is 4.66. The van der Waals surface area contributed by atoms with Crippen LogP contribution >= 0.6 is 24.0 Å². The maximum atomic E-state index is 12.6. The standard InChI is InChI=1S/C12H14ClF3N2O.ClH/c1-7(17)2-5-11(19)18-8-3-4-10(13)9(6-8)12(14,15)16;/h3-4,6-7H,2,5,17H2,1H3,(H,18,19);1H. The highest BCUT2D eigenvalue weighted by Crippen LogP contribution is 2.36. The first-order valence-corrected chi connectivity index (χ1v) is 6.00. The fourth-order valence-corrected chi connectivity index (χ4v) is 1.63. The molecule has 3 nitrogen and oxygen atoms in total. The fraction of sp³-hybridized carbons (Fsp3) is 0.417. The molecule has 1 rings (SSSR count). The summed E-state index contributed by atoms with van der Waals surface area (Å²) in [5.41, 5.74) is 4.58. The van der Waals surface area contributed by atoms with Gasteiger partial charge >= 0.3 is 6.18 Å². The number of benzene rings is 1. The topological polar surface area (TPSA) is 55.1 Å². The van der Waals surface area contributed by atoms with Crippen molar-refractivity contribution in [3.05, 3.63) is 28.8 Å². The summed E-state index contributed by atoms with van der Waals surface area (Å²) in [7, 11) is 0. The Labute approximate surface area is 126 Å². The second kappa shape index (κ2) is 7.71. The Hall–Kier alpha value is -0.980. The van der Waals surface area contributed by atoms with Crippen molar-refractivity contribution in [3.63, 3.8) is 0 Å². The van der Waals surface area contributed by atoms with E-state index in [1.807, 2.05) is 0 Å². The summed E-state index contributed by atoms with van der Waals surface area (Å²) in [4.78, 5) is 11.5. The average molecular weight is 331 g/mol. The summed E-state index contributed by atoms with van der Waals surface area (Å²) in [6.07, 6.45) is -3.93. The third-order valence-corrected chi connectivity index (χ3v) is 2.71. The SMILES string of the molecule is CC(N)CCC(=O)Nc1ccc(Cl)c(C(F)(F)F)c1.Cl. The van der Waals surface area contributed by atoms with Gasteiger partial charge in [0.05, 0.1) is 10.6 Å². The van der Waals surface area contributed by atoms with E-state index in [-0.39, 0.29) is 36.5 Å². The van der Waals surface area contributed by atoms with Crippen molar-refractivity contribution in [1.29, 1.82) is 0 Å². The lowest BCUT2D eigenvalue weighted by molar-refractivity contribution is -0.137. The Morgan fingerprint density at radius 2 is 2.05 bits per heavy atom. The number of hydrogen-bond acceptors (Lipinski definition) is 2. The first-order chi connectivity index (χ1) is 8.70. The molecule has 3 N–H and O–H groups in total. The lowest BCUT2D eigenvalue weighted by atomic mass is 10.1. The molecule has 0 heterocycles. The van der Waals surface area contributed by atoms with Gasteiger partial charge < -0.3 is 11.1 Å². The van der Waals surface area contributed by atoms with Gasteiger partial charge in [-0.2, -0.15) is 13.2 Å². The van der Waals surface area contributed by atoms with Gasteiger partial charge in [0.15, 0.2) is 0 Å². The van der Waals surface area contributed by atoms with Crippen molar-refractivity contribution in [3.8, 4) is 0 Å². The molecule has 0 bridgehead atoms. The molecule has 20 heavy (non-hydrogen) atoms. The number of rotatable bonds is 4. The Bertz CT molecular complexity index is 465. The number of amides is 1. The van der Waals surface area contributed by atoms with Gasteiger partial charge in [-0.3, -0.25) is 4.79 Å². The molecule has 1 unspecified atom stereocenters. The third kappa shape index (κ3) is 5.98. The molecule has 114 valence electrons. The molecule has 1 aromatic rings. The van der Waals surface area contributed by atoms with Gasteiger partial charge in [0, 0.05) is 18.2 Å². The highest BCUT2D eigenvalue weighted by molar-refractivity contribution is 6.31. The molecule has 0 fully saturated rings. The molecular formula is C12H15Cl2F3N2O. The van der Waals surface area contributed by atoms with Gasteiger partial charge in [0.1, 0.15) is 0 Å². The van der Waals surface area contributed by atoms with Gasteiger partial charge in [-0.1, -0.05) is 11.6 Å². The minimum atomic E-state index is -4.55. The Morgan fingerprint density at radius 3 is 2.55 bits per heavy atom. The minimum absolute atomic E-state index is 0. The van der Waals surface area contributed by atoms with Gasteiger partial charge in [0.2, 0.25) is 5.91 Å². The van der Waals surface area contributed by atoms with Crippen molar-refractivity contribution in [2.75, 3.05) is 5.32 Å². The van der Waals surface area contributed by atoms with Crippen molar-refractivity contribution < 1.29 is 18.0 Å². The number of carbonyl (C=O) groups is 1. The molecule has 0 spiro atoms. The number of alkyl halides is 3. The van der Waals surface area contributed by atoms with E-state index < -0.39 is 16.8 Å². The zero-order valence-electron chi connectivity index (χ0n) is 10.6. The van der Waals surface area contributed by atoms with E-state index in [0.29, 0.717) is 6.42 Å². The van der Waals surface area contributed by atoms with Crippen LogP contribution in [0.5, 0.6) is 0 Å². The number of nitrogens with one attached hydrogen (secondary N) is 1. The van der Waals surface area contributed by atoms with Crippen LogP contribution in [0.2, 0.25) is 5.02 Å². The summed E-state index contributed by atoms with van der Waals surface area (Å²) < 4.78 is 37.8. The molecule has 0 aliphatic heterocycles. The van der Waals surface area contributed by atoms with Gasteiger partial charge in [-0.05, 0) is 31.5 Å². The summed E-state index contributed by atoms with van der Waals surface area (Å²) in [5.74, 6) is -0.382. The molecule has 0 saturated heterocycles. The molecule has 1 amide bonds. The van der Waals surface area contributed by atoms with Crippen molar-refractivity contribution in [1.82, 2.24) is 0 Å². The van der Waals surface area contributed by atoms with Crippen LogP contribution in [0, 0.1) is 0 Å². The Morgan fingerprint density at radius 1 is 1.45 bits per heavy atom. The molecule has 0 aliphatic rings. The highest BCUT2D eigenvalue weighted by Gasteiger charge is 2.33. The number of nitrogens with two attached hydrogens (primary N) is 1. The van der Waals surface area contributed by atoms with Crippen LogP contribution in [-0.4, -0.2) is 11.9 Å². The summed E-state index contributed by atoms with van der Waals surface area (Å²) in [6.45, 7) is 1.75. The van der Waals surface area contributed by atoms with E-state index in [9.17, 15) is 18.0 Å². The predicted molar refractivity (Wildman–Crippen MR) is 75.2 cm³/mol. The zero-order chi connectivity index (χ0) is 14.6. The van der Waals surface area contributed by atoms with Crippen LogP contribution in [0.25, 0.3) is 0 Å². The lowest BCUT2D eigenvalue weighted by Gasteiger charge is -2.12. The molecule has 0 aromatic heterocycles. The molecule has 8 heteroatoms. The quantitative estimate of drug-likeness (QED) is 0.881. The first kappa shape index (κ1) is 19.0. The van der Waals surface area contributed by atoms with E-state index in [1.165, 1.54) is 6.07 Å². The molecule has 1 aromatic carbocycles. The fourth-order valence-electron chi connectivity index (χ4n) is 1.40. The van der Waals surface area contributed by atoms with Gasteiger partial charge in [-0.25, -0.2) is 0 Å². The van der Waals surface area contributed by atoms with E-state index >= 15 is 0 Å². The van der Waals surface area contributed by atoms with E-state index in [1.54, 1.807) is 6.92 Å². The van der Waals surface area contributed by atoms with Crippen molar-refractivity contribution >= 4 is 35.6 Å². The van der Waals surface area contributed by atoms with Crippen molar-refractivity contribution in [2.45, 2.75) is 32.0 Å². The number of carbonyl (C=O) groups excluding carboxylic acids is 1. The smallest absolute Gasteiger partial charge is 0.328 e. The maximum Gasteiger partial charge on any atom is 0.417 e. The Balaban J connectivity index is 0.00000361. The Kier molecular flexibility index (Phi) is 7.33. The van der Waals surface area contributed by atoms with Crippen molar-refractivity contribution in [2.24, 2.45) is 5.73 Å². The summed E-state index contributed by atoms with van der Waals surface area (Å²) in [5, 5.41) is 1.98. The number of hydrogen-bond donors (Lipinski definition) is 2. The molecule has 0 radical (unpaired) electrons. The van der Waals surface area contributed by atoms with Crippen LogP contribution < -0.4 is 11.1 Å². The summed E-state index contributed by atoms with van der Waals surface area (Å²) >= 11 is 5.47. The second-order valence-electron chi connectivity index (χ2n) is 4.26. The van der Waals surface area contributed by atoms with E-state index in [2.05, 4.69) is 5.32 Å². The first-order valence-electron chi connectivity index (χ1n) is 5.62. The maximum absolute atomic E-state index is 12.6. The monoisotopic (exact) mass is 330 g/mol. The van der Waals surface area contributed by atoms with E-state index in [4.69, 9.17) is 17.3 Å². The average Bonchev–Trinajstić information content (AvgIpc) is 2.27. The lowest BCUT2D eigenvalue weighted by Crippen LogP contribution is -2.19. The van der Waals surface area contributed by atoms with E-state index in [0.717, 1.165) is 12.1 Å². The molecule has 1 atom stereocenters. The highest BCUT2D eigenvalue weighted by atomic mass is 35.5. The number of halogens is 5. The van der Waals surface area contributed by atoms with Crippen LogP contribution in [0.3, 0.4) is 0 Å².